The van der Waals surface area contributed by atoms with Crippen molar-refractivity contribution in [1.29, 1.82) is 0 Å². The van der Waals surface area contributed by atoms with Crippen molar-refractivity contribution in [2.75, 3.05) is 0 Å². The van der Waals surface area contributed by atoms with Gasteiger partial charge in [-0.15, -0.1) is 5.10 Å². The number of hydrogen-bond donors (Lipinski definition) is 0. The van der Waals surface area contributed by atoms with Gasteiger partial charge in [0, 0.05) is 11.0 Å². The molecule has 15 heavy (non-hydrogen) atoms. The maximum Gasteiger partial charge on any atom is 0.113 e. The van der Waals surface area contributed by atoms with Gasteiger partial charge in [-0.05, 0) is 30.5 Å². The van der Waals surface area contributed by atoms with E-state index in [1.165, 1.54) is 5.56 Å². The average Bonchev–Trinajstić information content (AvgIpc) is 2.49. The van der Waals surface area contributed by atoms with E-state index in [9.17, 15) is 0 Å². The standard InChI is InChI=1S/C11H14BrN3/c1-7(2)6-15-11-5-9(12)8(3)4-10(11)13-14-15/h4-5,7H,6H2,1-3H3. The van der Waals surface area contributed by atoms with Crippen molar-refractivity contribution in [3.05, 3.63) is 22.2 Å². The Morgan fingerprint density at radius 3 is 2.80 bits per heavy atom. The molecule has 0 aliphatic rings. The van der Waals surface area contributed by atoms with Crippen LogP contribution >= 0.6 is 15.9 Å². The largest absolute Gasteiger partial charge is 0.244 e. The molecule has 1 aromatic heterocycles. The first kappa shape index (κ1) is 10.6. The van der Waals surface area contributed by atoms with Crippen LogP contribution in [-0.2, 0) is 6.54 Å². The summed E-state index contributed by atoms with van der Waals surface area (Å²) in [5.41, 5.74) is 3.26. The van der Waals surface area contributed by atoms with E-state index in [4.69, 9.17) is 0 Å². The highest BCUT2D eigenvalue weighted by Gasteiger charge is 2.07. The number of fused-ring (bicyclic) bond motifs is 1. The molecule has 2 aromatic rings. The average molecular weight is 268 g/mol. The molecule has 1 heterocycles. The van der Waals surface area contributed by atoms with Gasteiger partial charge in [-0.1, -0.05) is 35.0 Å². The minimum absolute atomic E-state index is 0.579. The predicted molar refractivity (Wildman–Crippen MR) is 64.8 cm³/mol. The van der Waals surface area contributed by atoms with Crippen molar-refractivity contribution in [2.24, 2.45) is 5.92 Å². The number of aromatic nitrogens is 3. The summed E-state index contributed by atoms with van der Waals surface area (Å²) in [6.07, 6.45) is 0. The molecule has 1 aromatic carbocycles. The van der Waals surface area contributed by atoms with Crippen LogP contribution in [0.4, 0.5) is 0 Å². The van der Waals surface area contributed by atoms with Gasteiger partial charge in [0.05, 0.1) is 5.52 Å². The van der Waals surface area contributed by atoms with E-state index in [0.29, 0.717) is 5.92 Å². The minimum atomic E-state index is 0.579. The van der Waals surface area contributed by atoms with Gasteiger partial charge >= 0.3 is 0 Å². The Balaban J connectivity index is 2.54. The Bertz CT molecular complexity index is 488. The van der Waals surface area contributed by atoms with Crippen molar-refractivity contribution in [2.45, 2.75) is 27.3 Å². The van der Waals surface area contributed by atoms with Gasteiger partial charge in [0.2, 0.25) is 0 Å². The Hall–Kier alpha value is -0.900. The van der Waals surface area contributed by atoms with Gasteiger partial charge in [-0.2, -0.15) is 0 Å². The summed E-state index contributed by atoms with van der Waals surface area (Å²) in [6.45, 7) is 7.32. The predicted octanol–water partition coefficient (Wildman–Crippen LogP) is 3.16. The lowest BCUT2D eigenvalue weighted by molar-refractivity contribution is 0.483. The summed E-state index contributed by atoms with van der Waals surface area (Å²) in [6, 6.07) is 4.15. The van der Waals surface area contributed by atoms with Gasteiger partial charge in [0.25, 0.3) is 0 Å². The molecule has 2 rings (SSSR count). The van der Waals surface area contributed by atoms with Gasteiger partial charge in [0.15, 0.2) is 0 Å². The smallest absolute Gasteiger partial charge is 0.113 e. The quantitative estimate of drug-likeness (QED) is 0.837. The topological polar surface area (TPSA) is 30.7 Å². The number of hydrogen-bond acceptors (Lipinski definition) is 2. The van der Waals surface area contributed by atoms with Crippen LogP contribution < -0.4 is 0 Å². The summed E-state index contributed by atoms with van der Waals surface area (Å²) in [5.74, 6) is 0.579. The molecule has 4 heteroatoms. The van der Waals surface area contributed by atoms with E-state index >= 15 is 0 Å². The SMILES string of the molecule is Cc1cc2nnn(CC(C)C)c2cc1Br. The number of aryl methyl sites for hydroxylation is 1. The van der Waals surface area contributed by atoms with Gasteiger partial charge in [-0.3, -0.25) is 0 Å². The van der Waals surface area contributed by atoms with E-state index in [-0.39, 0.29) is 0 Å². The molecule has 0 amide bonds. The van der Waals surface area contributed by atoms with E-state index in [1.807, 2.05) is 4.68 Å². The van der Waals surface area contributed by atoms with Crippen molar-refractivity contribution in [1.82, 2.24) is 15.0 Å². The second-order valence-corrected chi connectivity index (χ2v) is 5.11. The second-order valence-electron chi connectivity index (χ2n) is 4.26. The summed E-state index contributed by atoms with van der Waals surface area (Å²) in [7, 11) is 0. The maximum atomic E-state index is 4.17. The molecule has 3 nitrogen and oxygen atoms in total. The van der Waals surface area contributed by atoms with Crippen LogP contribution in [0.25, 0.3) is 11.0 Å². The molecular weight excluding hydrogens is 254 g/mol. The molecule has 0 aliphatic carbocycles. The third-order valence-electron chi connectivity index (χ3n) is 2.33. The molecule has 80 valence electrons. The lowest BCUT2D eigenvalue weighted by Crippen LogP contribution is -2.05. The Morgan fingerprint density at radius 1 is 1.40 bits per heavy atom. The molecule has 0 saturated heterocycles. The van der Waals surface area contributed by atoms with Crippen molar-refractivity contribution in [3.63, 3.8) is 0 Å². The first-order chi connectivity index (χ1) is 7.08. The van der Waals surface area contributed by atoms with Crippen LogP contribution in [0, 0.1) is 12.8 Å². The second kappa shape index (κ2) is 3.93. The molecule has 0 saturated carbocycles. The number of rotatable bonds is 2. The highest BCUT2D eigenvalue weighted by molar-refractivity contribution is 9.10. The molecule has 0 N–H and O–H groups in total. The third-order valence-corrected chi connectivity index (χ3v) is 3.19. The van der Waals surface area contributed by atoms with Crippen LogP contribution in [-0.4, -0.2) is 15.0 Å². The van der Waals surface area contributed by atoms with E-state index in [0.717, 1.165) is 22.1 Å². The highest BCUT2D eigenvalue weighted by Crippen LogP contribution is 2.22. The van der Waals surface area contributed by atoms with Crippen LogP contribution in [0.5, 0.6) is 0 Å². The lowest BCUT2D eigenvalue weighted by atomic mass is 10.2. The molecule has 0 radical (unpaired) electrons. The normalized spacial score (nSPS) is 11.5. The van der Waals surface area contributed by atoms with Crippen LogP contribution in [0.15, 0.2) is 16.6 Å². The van der Waals surface area contributed by atoms with Crippen molar-refractivity contribution in [3.8, 4) is 0 Å². The fourth-order valence-electron chi connectivity index (χ4n) is 1.57. The third kappa shape index (κ3) is 2.04. The maximum absolute atomic E-state index is 4.17. The molecule has 0 bridgehead atoms. The van der Waals surface area contributed by atoms with Gasteiger partial charge in [-0.25, -0.2) is 4.68 Å². The number of halogens is 1. The van der Waals surface area contributed by atoms with E-state index in [2.05, 4.69) is 59.1 Å². The summed E-state index contributed by atoms with van der Waals surface area (Å²) in [5, 5.41) is 8.33. The molecule has 0 spiro atoms. The summed E-state index contributed by atoms with van der Waals surface area (Å²) >= 11 is 3.53. The zero-order chi connectivity index (χ0) is 11.0. The zero-order valence-electron chi connectivity index (χ0n) is 9.16. The van der Waals surface area contributed by atoms with Gasteiger partial charge in [0.1, 0.15) is 5.52 Å². The number of benzene rings is 1. The molecular formula is C11H14BrN3. The monoisotopic (exact) mass is 267 g/mol. The Labute approximate surface area is 97.6 Å². The molecule has 0 atom stereocenters. The van der Waals surface area contributed by atoms with Crippen LogP contribution in [0.2, 0.25) is 0 Å². The fourth-order valence-corrected chi connectivity index (χ4v) is 1.90. The Morgan fingerprint density at radius 2 is 2.13 bits per heavy atom. The lowest BCUT2D eigenvalue weighted by Gasteiger charge is -2.05. The van der Waals surface area contributed by atoms with Crippen LogP contribution in [0.3, 0.4) is 0 Å². The first-order valence-corrected chi connectivity index (χ1v) is 5.86. The van der Waals surface area contributed by atoms with E-state index < -0.39 is 0 Å². The van der Waals surface area contributed by atoms with Crippen molar-refractivity contribution >= 4 is 27.0 Å². The minimum Gasteiger partial charge on any atom is -0.244 e. The fraction of sp³-hybridized carbons (Fsp3) is 0.455. The first-order valence-electron chi connectivity index (χ1n) is 5.07. The number of nitrogens with zero attached hydrogens (tertiary/aromatic N) is 3. The summed E-state index contributed by atoms with van der Waals surface area (Å²) < 4.78 is 3.08. The van der Waals surface area contributed by atoms with Crippen molar-refractivity contribution < 1.29 is 0 Å². The van der Waals surface area contributed by atoms with E-state index in [1.54, 1.807) is 0 Å². The molecule has 0 fully saturated rings. The molecule has 0 aliphatic heterocycles. The highest BCUT2D eigenvalue weighted by atomic mass is 79.9. The zero-order valence-corrected chi connectivity index (χ0v) is 10.7. The summed E-state index contributed by atoms with van der Waals surface area (Å²) in [4.78, 5) is 0. The Kier molecular flexibility index (Phi) is 2.78. The van der Waals surface area contributed by atoms with Crippen LogP contribution in [0.1, 0.15) is 19.4 Å². The molecule has 0 unspecified atom stereocenters. The van der Waals surface area contributed by atoms with Gasteiger partial charge < -0.3 is 0 Å².